The van der Waals surface area contributed by atoms with Crippen LogP contribution in [0.5, 0.6) is 5.75 Å². The van der Waals surface area contributed by atoms with E-state index >= 15 is 0 Å². The summed E-state index contributed by atoms with van der Waals surface area (Å²) in [5.41, 5.74) is 1.22. The van der Waals surface area contributed by atoms with Crippen molar-refractivity contribution in [1.29, 1.82) is 0 Å². The quantitative estimate of drug-likeness (QED) is 0.854. The highest BCUT2D eigenvalue weighted by Crippen LogP contribution is 2.30. The zero-order valence-electron chi connectivity index (χ0n) is 15.4. The summed E-state index contributed by atoms with van der Waals surface area (Å²) in [6, 6.07) is 20.5. The number of fused-ring (bicyclic) bond motifs is 1. The maximum atomic E-state index is 12.2. The van der Waals surface area contributed by atoms with Gasteiger partial charge in [-0.3, -0.25) is 9.69 Å². The van der Waals surface area contributed by atoms with E-state index in [1.54, 1.807) is 0 Å². The molecule has 0 spiro atoms. The van der Waals surface area contributed by atoms with Gasteiger partial charge in [0.25, 0.3) is 0 Å². The van der Waals surface area contributed by atoms with Crippen LogP contribution in [0.1, 0.15) is 24.5 Å². The first kappa shape index (κ1) is 18.0. The first-order chi connectivity index (χ1) is 13.3. The Morgan fingerprint density at radius 2 is 1.81 bits per heavy atom. The predicted molar refractivity (Wildman–Crippen MR) is 104 cm³/mol. The van der Waals surface area contributed by atoms with Gasteiger partial charge in [-0.1, -0.05) is 48.5 Å². The molecule has 2 heterocycles. The maximum absolute atomic E-state index is 12.2. The molecule has 2 fully saturated rings. The molecule has 0 bridgehead atoms. The molecule has 2 saturated heterocycles. The van der Waals surface area contributed by atoms with E-state index in [0.717, 1.165) is 31.9 Å². The van der Waals surface area contributed by atoms with Crippen LogP contribution in [0.25, 0.3) is 0 Å². The number of ether oxygens (including phenoxy) is 2. The van der Waals surface area contributed by atoms with E-state index in [4.69, 9.17) is 9.47 Å². The average molecular weight is 366 g/mol. The fraction of sp³-hybridized carbons (Fsp3) is 0.409. The lowest BCUT2D eigenvalue weighted by Gasteiger charge is -2.35. The van der Waals surface area contributed by atoms with Gasteiger partial charge in [0, 0.05) is 25.2 Å². The lowest BCUT2D eigenvalue weighted by Crippen LogP contribution is -2.43. The maximum Gasteiger partial charge on any atom is 0.223 e. The van der Waals surface area contributed by atoms with Crippen molar-refractivity contribution < 1.29 is 14.3 Å². The van der Waals surface area contributed by atoms with Crippen molar-refractivity contribution in [2.24, 2.45) is 0 Å². The lowest BCUT2D eigenvalue weighted by molar-refractivity contribution is -0.122. The predicted octanol–water partition coefficient (Wildman–Crippen LogP) is 2.79. The van der Waals surface area contributed by atoms with Crippen LogP contribution in [-0.4, -0.2) is 49.2 Å². The summed E-state index contributed by atoms with van der Waals surface area (Å²) in [5, 5.41) is 3.16. The first-order valence-corrected chi connectivity index (χ1v) is 9.66. The molecule has 4 rings (SSSR count). The van der Waals surface area contributed by atoms with Crippen LogP contribution in [0.4, 0.5) is 0 Å². The van der Waals surface area contributed by atoms with Gasteiger partial charge in [0.15, 0.2) is 0 Å². The van der Waals surface area contributed by atoms with Crippen molar-refractivity contribution in [3.05, 3.63) is 66.2 Å². The third kappa shape index (κ3) is 4.67. The zero-order valence-corrected chi connectivity index (χ0v) is 15.4. The molecule has 5 heteroatoms. The molecular weight excluding hydrogens is 340 g/mol. The van der Waals surface area contributed by atoms with Crippen LogP contribution >= 0.6 is 0 Å². The Morgan fingerprint density at radius 1 is 1.07 bits per heavy atom. The molecular formula is C22H26N2O3. The molecule has 2 aromatic carbocycles. The molecule has 0 aliphatic carbocycles. The zero-order chi connectivity index (χ0) is 18.5. The van der Waals surface area contributed by atoms with Gasteiger partial charge >= 0.3 is 0 Å². The smallest absolute Gasteiger partial charge is 0.223 e. The molecule has 0 unspecified atom stereocenters. The number of nitrogens with zero attached hydrogens (tertiary/aromatic N) is 1. The van der Waals surface area contributed by atoms with E-state index in [1.807, 2.05) is 36.4 Å². The molecule has 2 aliphatic rings. The van der Waals surface area contributed by atoms with E-state index in [0.29, 0.717) is 19.1 Å². The highest BCUT2D eigenvalue weighted by molar-refractivity contribution is 5.76. The molecule has 5 nitrogen and oxygen atoms in total. The number of benzene rings is 2. The number of carbonyl (C=O) groups is 1. The Labute approximate surface area is 160 Å². The molecule has 142 valence electrons. The van der Waals surface area contributed by atoms with Crippen molar-refractivity contribution in [3.8, 4) is 5.75 Å². The largest absolute Gasteiger partial charge is 0.493 e. The molecule has 2 aromatic rings. The normalized spacial score (nSPS) is 25.0. The minimum Gasteiger partial charge on any atom is -0.493 e. The number of carbonyl (C=O) groups excluding carboxylic acids is 1. The molecule has 0 aromatic heterocycles. The van der Waals surface area contributed by atoms with Gasteiger partial charge in [-0.2, -0.15) is 0 Å². The minimum absolute atomic E-state index is 0.0521. The Balaban J connectivity index is 1.22. The molecule has 3 atom stereocenters. The van der Waals surface area contributed by atoms with Gasteiger partial charge < -0.3 is 14.8 Å². The summed E-state index contributed by atoms with van der Waals surface area (Å²) < 4.78 is 11.7. The number of amides is 1. The molecule has 27 heavy (non-hydrogen) atoms. The van der Waals surface area contributed by atoms with Gasteiger partial charge in [-0.05, 0) is 24.1 Å². The van der Waals surface area contributed by atoms with Crippen molar-refractivity contribution in [2.75, 3.05) is 26.3 Å². The number of nitrogens with one attached hydrogen (secondary N) is 1. The third-order valence-corrected chi connectivity index (χ3v) is 5.30. The van der Waals surface area contributed by atoms with Gasteiger partial charge in [0.05, 0.1) is 25.7 Å². The monoisotopic (exact) mass is 366 g/mol. The molecule has 1 amide bonds. The number of rotatable bonds is 6. The van der Waals surface area contributed by atoms with Crippen molar-refractivity contribution in [1.82, 2.24) is 10.2 Å². The highest BCUT2D eigenvalue weighted by atomic mass is 16.5. The average Bonchev–Trinajstić information content (AvgIpc) is 3.10. The second kappa shape index (κ2) is 8.55. The fourth-order valence-electron chi connectivity index (χ4n) is 3.93. The molecule has 1 N–H and O–H groups in total. The summed E-state index contributed by atoms with van der Waals surface area (Å²) in [6.07, 6.45) is 1.45. The van der Waals surface area contributed by atoms with Crippen LogP contribution < -0.4 is 10.1 Å². The minimum atomic E-state index is 0.0521. The second-order valence-electron chi connectivity index (χ2n) is 7.25. The van der Waals surface area contributed by atoms with Crippen LogP contribution in [0.15, 0.2) is 60.7 Å². The molecule has 2 aliphatic heterocycles. The number of hydrogen-bond acceptors (Lipinski definition) is 4. The number of hydrogen-bond donors (Lipinski definition) is 1. The van der Waals surface area contributed by atoms with Crippen LogP contribution in [0.2, 0.25) is 0 Å². The van der Waals surface area contributed by atoms with Crippen LogP contribution in [-0.2, 0) is 9.53 Å². The molecule has 0 saturated carbocycles. The van der Waals surface area contributed by atoms with Crippen LogP contribution in [0, 0.1) is 0 Å². The summed E-state index contributed by atoms with van der Waals surface area (Å²) in [6.45, 7) is 2.90. The van der Waals surface area contributed by atoms with Gasteiger partial charge in [-0.25, -0.2) is 0 Å². The summed E-state index contributed by atoms with van der Waals surface area (Å²) in [7, 11) is 0. The topological polar surface area (TPSA) is 50.8 Å². The van der Waals surface area contributed by atoms with E-state index in [-0.39, 0.29) is 18.1 Å². The summed E-state index contributed by atoms with van der Waals surface area (Å²) in [4.78, 5) is 14.7. The second-order valence-corrected chi connectivity index (χ2v) is 7.25. The highest BCUT2D eigenvalue weighted by Gasteiger charge is 2.38. The SMILES string of the molecule is O=C(CCOc1ccccc1)N[C@@H]1C[C@H]2CO[C@@H](c3ccccc3)CN2C1. The number of morpholine rings is 1. The van der Waals surface area contributed by atoms with Gasteiger partial charge in [-0.15, -0.1) is 0 Å². The summed E-state index contributed by atoms with van der Waals surface area (Å²) >= 11 is 0. The Hall–Kier alpha value is -2.37. The van der Waals surface area contributed by atoms with E-state index in [1.165, 1.54) is 5.56 Å². The van der Waals surface area contributed by atoms with Gasteiger partial charge in [0.1, 0.15) is 5.75 Å². The van der Waals surface area contributed by atoms with Crippen LogP contribution in [0.3, 0.4) is 0 Å². The van der Waals surface area contributed by atoms with E-state index in [2.05, 4.69) is 34.5 Å². The Kier molecular flexibility index (Phi) is 5.70. The summed E-state index contributed by atoms with van der Waals surface area (Å²) in [5.74, 6) is 0.851. The Bertz CT molecular complexity index is 738. The Morgan fingerprint density at radius 3 is 2.59 bits per heavy atom. The van der Waals surface area contributed by atoms with Crippen molar-refractivity contribution in [2.45, 2.75) is 31.0 Å². The molecule has 0 radical (unpaired) electrons. The third-order valence-electron chi connectivity index (χ3n) is 5.30. The fourth-order valence-corrected chi connectivity index (χ4v) is 3.93. The lowest BCUT2D eigenvalue weighted by atomic mass is 10.1. The standard InChI is InChI=1S/C22H26N2O3/c25-22(11-12-26-20-9-5-2-6-10-20)23-18-13-19-16-27-21(15-24(19)14-18)17-7-3-1-4-8-17/h1-10,18-19,21H,11-16H2,(H,23,25)/t18-,19+,21-/m1/s1. The van der Waals surface area contributed by atoms with E-state index in [9.17, 15) is 4.79 Å². The first-order valence-electron chi connectivity index (χ1n) is 9.66. The van der Waals surface area contributed by atoms with Crippen molar-refractivity contribution >= 4 is 5.91 Å². The van der Waals surface area contributed by atoms with Gasteiger partial charge in [0.2, 0.25) is 5.91 Å². The van der Waals surface area contributed by atoms with Crippen molar-refractivity contribution in [3.63, 3.8) is 0 Å². The van der Waals surface area contributed by atoms with E-state index < -0.39 is 0 Å². The number of para-hydroxylation sites is 1.